The van der Waals surface area contributed by atoms with Gasteiger partial charge >= 0.3 is 0 Å². The zero-order chi connectivity index (χ0) is 12.4. The average Bonchev–Trinajstić information content (AvgIpc) is 2.58. The van der Waals surface area contributed by atoms with Crippen LogP contribution in [0.25, 0.3) is 0 Å². The molecule has 0 saturated heterocycles. The van der Waals surface area contributed by atoms with Gasteiger partial charge in [-0.3, -0.25) is 10.1 Å². The smallest absolute Gasteiger partial charge is 0.277 e. The fraction of sp³-hybridized carbons (Fsp3) is 0.182. The second kappa shape index (κ2) is 4.93. The molecule has 2 rings (SSSR count). The number of amides is 1. The summed E-state index contributed by atoms with van der Waals surface area (Å²) in [5, 5.41) is 3.34. The van der Waals surface area contributed by atoms with Crippen LogP contribution >= 0.6 is 27.3 Å². The van der Waals surface area contributed by atoms with Crippen molar-refractivity contribution >= 4 is 38.3 Å². The number of hydrogen-bond donors (Lipinski definition) is 1. The Hall–Kier alpha value is -1.27. The molecule has 0 atom stereocenters. The van der Waals surface area contributed by atoms with Crippen LogP contribution in [0.2, 0.25) is 0 Å². The standard InChI is InChI=1S/C11H10BrN3OS/c1-6-7(2)17-11(14-6)15-10(16)9-8(12)4-3-5-13-9/h3-5H,1-2H3,(H,14,15,16). The van der Waals surface area contributed by atoms with Crippen LogP contribution in [-0.4, -0.2) is 15.9 Å². The molecule has 0 fully saturated rings. The van der Waals surface area contributed by atoms with Crippen LogP contribution in [0.4, 0.5) is 5.13 Å². The van der Waals surface area contributed by atoms with Crippen molar-refractivity contribution in [2.45, 2.75) is 13.8 Å². The van der Waals surface area contributed by atoms with Crippen LogP contribution in [0.15, 0.2) is 22.8 Å². The first-order valence-electron chi connectivity index (χ1n) is 4.94. The van der Waals surface area contributed by atoms with Gasteiger partial charge in [0.05, 0.1) is 5.69 Å². The van der Waals surface area contributed by atoms with E-state index in [0.29, 0.717) is 15.3 Å². The average molecular weight is 312 g/mol. The van der Waals surface area contributed by atoms with Crippen molar-refractivity contribution < 1.29 is 4.79 Å². The highest BCUT2D eigenvalue weighted by Crippen LogP contribution is 2.22. The topological polar surface area (TPSA) is 54.9 Å². The number of halogens is 1. The molecule has 0 aliphatic rings. The predicted octanol–water partition coefficient (Wildman–Crippen LogP) is 3.17. The van der Waals surface area contributed by atoms with Gasteiger partial charge in [0.15, 0.2) is 5.13 Å². The molecule has 1 N–H and O–H groups in total. The maximum Gasteiger partial charge on any atom is 0.277 e. The van der Waals surface area contributed by atoms with Crippen LogP contribution in [0.3, 0.4) is 0 Å². The Kier molecular flexibility index (Phi) is 3.54. The molecule has 88 valence electrons. The fourth-order valence-electron chi connectivity index (χ4n) is 1.24. The van der Waals surface area contributed by atoms with Crippen molar-refractivity contribution in [2.75, 3.05) is 5.32 Å². The Balaban J connectivity index is 2.20. The second-order valence-corrected chi connectivity index (χ2v) is 5.51. The molecule has 0 radical (unpaired) electrons. The summed E-state index contributed by atoms with van der Waals surface area (Å²) in [6.45, 7) is 3.89. The lowest BCUT2D eigenvalue weighted by Gasteiger charge is -2.02. The van der Waals surface area contributed by atoms with E-state index >= 15 is 0 Å². The van der Waals surface area contributed by atoms with Gasteiger partial charge < -0.3 is 0 Å². The van der Waals surface area contributed by atoms with Gasteiger partial charge in [0, 0.05) is 15.5 Å². The number of rotatable bonds is 2. The lowest BCUT2D eigenvalue weighted by Crippen LogP contribution is -2.14. The maximum absolute atomic E-state index is 11.9. The Labute approximate surface area is 111 Å². The number of nitrogens with zero attached hydrogens (tertiary/aromatic N) is 2. The molecule has 1 amide bonds. The molecule has 0 spiro atoms. The van der Waals surface area contributed by atoms with E-state index in [4.69, 9.17) is 0 Å². The molecule has 2 aromatic rings. The summed E-state index contributed by atoms with van der Waals surface area (Å²) in [5.41, 5.74) is 1.29. The molecule has 0 saturated carbocycles. The predicted molar refractivity (Wildman–Crippen MR) is 71.5 cm³/mol. The molecule has 0 aliphatic carbocycles. The van der Waals surface area contributed by atoms with Crippen LogP contribution < -0.4 is 5.32 Å². The van der Waals surface area contributed by atoms with Gasteiger partial charge in [-0.05, 0) is 41.9 Å². The Bertz CT molecular complexity index is 548. The molecule has 0 unspecified atom stereocenters. The van der Waals surface area contributed by atoms with Gasteiger partial charge in [0.2, 0.25) is 0 Å². The highest BCUT2D eigenvalue weighted by Gasteiger charge is 2.13. The number of hydrogen-bond acceptors (Lipinski definition) is 4. The van der Waals surface area contributed by atoms with Gasteiger partial charge in [-0.25, -0.2) is 9.97 Å². The first-order valence-corrected chi connectivity index (χ1v) is 6.55. The Morgan fingerprint density at radius 2 is 2.24 bits per heavy atom. The normalized spacial score (nSPS) is 10.3. The molecule has 0 aliphatic heterocycles. The first-order chi connectivity index (χ1) is 8.08. The van der Waals surface area contributed by atoms with Crippen molar-refractivity contribution in [3.05, 3.63) is 39.1 Å². The summed E-state index contributed by atoms with van der Waals surface area (Å²) in [4.78, 5) is 21.3. The monoisotopic (exact) mass is 311 g/mol. The molecule has 0 aromatic carbocycles. The van der Waals surface area contributed by atoms with E-state index in [1.807, 2.05) is 13.8 Å². The summed E-state index contributed by atoms with van der Waals surface area (Å²) in [5.74, 6) is -0.258. The minimum absolute atomic E-state index is 0.258. The molecular formula is C11H10BrN3OS. The number of anilines is 1. The van der Waals surface area contributed by atoms with Crippen LogP contribution in [-0.2, 0) is 0 Å². The van der Waals surface area contributed by atoms with Gasteiger partial charge in [-0.1, -0.05) is 0 Å². The molecule has 6 heteroatoms. The van der Waals surface area contributed by atoms with Gasteiger partial charge in [-0.15, -0.1) is 11.3 Å². The molecule has 0 bridgehead atoms. The van der Waals surface area contributed by atoms with Gasteiger partial charge in [0.25, 0.3) is 5.91 Å². The van der Waals surface area contributed by atoms with E-state index in [1.54, 1.807) is 18.3 Å². The molecule has 2 heterocycles. The summed E-state index contributed by atoms with van der Waals surface area (Å²) in [6.07, 6.45) is 1.58. The van der Waals surface area contributed by atoms with Crippen molar-refractivity contribution in [1.29, 1.82) is 0 Å². The van der Waals surface area contributed by atoms with Gasteiger partial charge in [-0.2, -0.15) is 0 Å². The lowest BCUT2D eigenvalue weighted by atomic mass is 10.3. The minimum Gasteiger partial charge on any atom is -0.296 e. The minimum atomic E-state index is -0.258. The van der Waals surface area contributed by atoms with Crippen LogP contribution in [0.1, 0.15) is 21.1 Å². The maximum atomic E-state index is 11.9. The van der Waals surface area contributed by atoms with E-state index in [1.165, 1.54) is 11.3 Å². The Morgan fingerprint density at radius 3 is 2.82 bits per heavy atom. The largest absolute Gasteiger partial charge is 0.296 e. The highest BCUT2D eigenvalue weighted by molar-refractivity contribution is 9.10. The number of aromatic nitrogens is 2. The third kappa shape index (κ3) is 2.70. The quantitative estimate of drug-likeness (QED) is 0.926. The number of carbonyl (C=O) groups is 1. The Morgan fingerprint density at radius 1 is 1.47 bits per heavy atom. The van der Waals surface area contributed by atoms with Crippen LogP contribution in [0, 0.1) is 13.8 Å². The number of nitrogens with one attached hydrogen (secondary N) is 1. The first kappa shape index (κ1) is 12.2. The molecule has 2 aromatic heterocycles. The third-order valence-corrected chi connectivity index (χ3v) is 3.85. The summed E-state index contributed by atoms with van der Waals surface area (Å²) in [7, 11) is 0. The van der Waals surface area contributed by atoms with Gasteiger partial charge in [0.1, 0.15) is 5.69 Å². The van der Waals surface area contributed by atoms with E-state index < -0.39 is 0 Å². The van der Waals surface area contributed by atoms with Crippen molar-refractivity contribution in [3.63, 3.8) is 0 Å². The SMILES string of the molecule is Cc1nc(NC(=O)c2ncccc2Br)sc1C. The zero-order valence-electron chi connectivity index (χ0n) is 9.32. The summed E-state index contributed by atoms with van der Waals surface area (Å²) >= 11 is 4.75. The van der Waals surface area contributed by atoms with Crippen molar-refractivity contribution in [1.82, 2.24) is 9.97 Å². The second-order valence-electron chi connectivity index (χ2n) is 3.45. The number of aryl methyl sites for hydroxylation is 2. The lowest BCUT2D eigenvalue weighted by molar-refractivity contribution is 0.102. The van der Waals surface area contributed by atoms with E-state index in [9.17, 15) is 4.79 Å². The molecule has 4 nitrogen and oxygen atoms in total. The van der Waals surface area contributed by atoms with Crippen LogP contribution in [0.5, 0.6) is 0 Å². The summed E-state index contributed by atoms with van der Waals surface area (Å²) in [6, 6.07) is 3.54. The zero-order valence-corrected chi connectivity index (χ0v) is 11.7. The van der Waals surface area contributed by atoms with Crippen molar-refractivity contribution in [2.24, 2.45) is 0 Å². The molecular weight excluding hydrogens is 302 g/mol. The number of thiazole rings is 1. The number of carbonyl (C=O) groups excluding carboxylic acids is 1. The summed E-state index contributed by atoms with van der Waals surface area (Å²) < 4.78 is 0.669. The highest BCUT2D eigenvalue weighted by atomic mass is 79.9. The van der Waals surface area contributed by atoms with E-state index in [0.717, 1.165) is 10.6 Å². The number of pyridine rings is 1. The third-order valence-electron chi connectivity index (χ3n) is 2.22. The van der Waals surface area contributed by atoms with E-state index in [-0.39, 0.29) is 5.91 Å². The molecule has 17 heavy (non-hydrogen) atoms. The van der Waals surface area contributed by atoms with E-state index in [2.05, 4.69) is 31.2 Å². The fourth-order valence-corrected chi connectivity index (χ4v) is 2.48. The van der Waals surface area contributed by atoms with Crippen molar-refractivity contribution in [3.8, 4) is 0 Å².